The van der Waals surface area contributed by atoms with Crippen molar-refractivity contribution in [3.8, 4) is 0 Å². The van der Waals surface area contributed by atoms with Crippen LogP contribution in [-0.2, 0) is 9.53 Å². The number of esters is 1. The van der Waals surface area contributed by atoms with Gasteiger partial charge in [0.15, 0.2) is 0 Å². The quantitative estimate of drug-likeness (QED) is 0.834. The van der Waals surface area contributed by atoms with Crippen LogP contribution >= 0.6 is 22.9 Å². The fraction of sp³-hybridized carbons (Fsp3) is 0.231. The van der Waals surface area contributed by atoms with Crippen LogP contribution < -0.4 is 5.32 Å². The van der Waals surface area contributed by atoms with Gasteiger partial charge in [-0.25, -0.2) is 0 Å². The Hall–Kier alpha value is -1.79. The zero-order valence-corrected chi connectivity index (χ0v) is 12.3. The highest BCUT2D eigenvalue weighted by Crippen LogP contribution is 2.23. The lowest BCUT2D eigenvalue weighted by Crippen LogP contribution is -2.30. The van der Waals surface area contributed by atoms with Gasteiger partial charge in [-0.3, -0.25) is 9.59 Å². The number of ether oxygens (including phenoxy) is 1. The molecule has 106 valence electrons. The van der Waals surface area contributed by atoms with Gasteiger partial charge >= 0.3 is 5.97 Å². The lowest BCUT2D eigenvalue weighted by Gasteiger charge is -2.15. The molecule has 5 nitrogen and oxygen atoms in total. The van der Waals surface area contributed by atoms with Crippen molar-refractivity contribution in [3.63, 3.8) is 0 Å². The van der Waals surface area contributed by atoms with E-state index in [2.05, 4.69) is 15.0 Å². The van der Waals surface area contributed by atoms with Crippen LogP contribution in [0.5, 0.6) is 0 Å². The number of hydrogen-bond acceptors (Lipinski definition) is 4. The van der Waals surface area contributed by atoms with Crippen molar-refractivity contribution < 1.29 is 14.3 Å². The third-order valence-electron chi connectivity index (χ3n) is 2.68. The maximum absolute atomic E-state index is 12.1. The molecule has 0 saturated heterocycles. The third kappa shape index (κ3) is 3.61. The van der Waals surface area contributed by atoms with Gasteiger partial charge in [0.1, 0.15) is 5.69 Å². The van der Waals surface area contributed by atoms with Crippen LogP contribution in [-0.4, -0.2) is 24.0 Å². The van der Waals surface area contributed by atoms with Gasteiger partial charge in [-0.05, 0) is 17.5 Å². The topological polar surface area (TPSA) is 71.2 Å². The second-order valence-corrected chi connectivity index (χ2v) is 5.47. The molecular formula is C13H13ClN2O3S. The molecule has 7 heteroatoms. The lowest BCUT2D eigenvalue weighted by atomic mass is 10.1. The molecule has 0 fully saturated rings. The minimum atomic E-state index is -0.419. The molecule has 0 spiro atoms. The van der Waals surface area contributed by atoms with Crippen molar-refractivity contribution in [2.24, 2.45) is 0 Å². The highest BCUT2D eigenvalue weighted by atomic mass is 35.5. The van der Waals surface area contributed by atoms with Crippen molar-refractivity contribution in [1.29, 1.82) is 0 Å². The molecule has 2 aromatic heterocycles. The summed E-state index contributed by atoms with van der Waals surface area (Å²) in [7, 11) is 1.32. The zero-order valence-electron chi connectivity index (χ0n) is 10.7. The van der Waals surface area contributed by atoms with E-state index in [1.54, 1.807) is 0 Å². The van der Waals surface area contributed by atoms with E-state index in [0.29, 0.717) is 10.7 Å². The smallest absolute Gasteiger partial charge is 0.307 e. The molecule has 0 aliphatic rings. The van der Waals surface area contributed by atoms with E-state index >= 15 is 0 Å². The van der Waals surface area contributed by atoms with Gasteiger partial charge in [0.05, 0.1) is 24.6 Å². The van der Waals surface area contributed by atoms with Crippen LogP contribution in [0.2, 0.25) is 5.02 Å². The zero-order chi connectivity index (χ0) is 14.5. The van der Waals surface area contributed by atoms with Crippen LogP contribution in [0.1, 0.15) is 27.8 Å². The predicted molar refractivity (Wildman–Crippen MR) is 77.0 cm³/mol. The molecule has 2 rings (SSSR count). The molecule has 0 saturated carbocycles. The summed E-state index contributed by atoms with van der Waals surface area (Å²) in [6, 6.07) is 4.83. The maximum Gasteiger partial charge on any atom is 0.307 e. The van der Waals surface area contributed by atoms with Gasteiger partial charge in [0.25, 0.3) is 5.91 Å². The third-order valence-corrected chi connectivity index (χ3v) is 3.89. The van der Waals surface area contributed by atoms with Crippen molar-refractivity contribution in [2.45, 2.75) is 12.5 Å². The molecule has 1 amide bonds. The Morgan fingerprint density at radius 1 is 1.55 bits per heavy atom. The predicted octanol–water partition coefficient (Wildman–Crippen LogP) is 2.76. The summed E-state index contributed by atoms with van der Waals surface area (Å²) in [6.07, 6.45) is 1.61. The molecule has 0 bridgehead atoms. The van der Waals surface area contributed by atoms with Crippen LogP contribution in [0.25, 0.3) is 0 Å². The second-order valence-electron chi connectivity index (χ2n) is 4.05. The summed E-state index contributed by atoms with van der Waals surface area (Å²) in [5.41, 5.74) is 0.349. The lowest BCUT2D eigenvalue weighted by molar-refractivity contribution is -0.141. The first-order valence-electron chi connectivity index (χ1n) is 5.85. The molecule has 0 radical (unpaired) electrons. The first-order valence-corrected chi connectivity index (χ1v) is 7.11. The van der Waals surface area contributed by atoms with Gasteiger partial charge in [-0.1, -0.05) is 17.7 Å². The highest BCUT2D eigenvalue weighted by molar-refractivity contribution is 7.10. The molecule has 2 aromatic rings. The summed E-state index contributed by atoms with van der Waals surface area (Å²) >= 11 is 7.23. The Labute approximate surface area is 124 Å². The molecule has 0 aliphatic carbocycles. The first kappa shape index (κ1) is 14.6. The Morgan fingerprint density at radius 3 is 2.90 bits per heavy atom. The number of aromatic nitrogens is 1. The largest absolute Gasteiger partial charge is 0.469 e. The van der Waals surface area contributed by atoms with Gasteiger partial charge in [-0.2, -0.15) is 0 Å². The van der Waals surface area contributed by atoms with E-state index in [1.165, 1.54) is 30.7 Å². The number of aromatic amines is 1. The monoisotopic (exact) mass is 312 g/mol. The molecule has 0 aliphatic heterocycles. The van der Waals surface area contributed by atoms with Crippen LogP contribution in [0, 0.1) is 0 Å². The minimum absolute atomic E-state index is 0.0805. The average molecular weight is 313 g/mol. The number of nitrogens with one attached hydrogen (secondary N) is 2. The number of methoxy groups -OCH3 is 1. The average Bonchev–Trinajstić information content (AvgIpc) is 3.08. The van der Waals surface area contributed by atoms with E-state index in [0.717, 1.165) is 4.88 Å². The standard InChI is InChI=1S/C13H13ClN2O3S/c1-19-12(17)6-9(11-3-2-4-20-11)16-13(18)10-5-8(14)7-15-10/h2-5,7,9,15H,6H2,1H3,(H,16,18). The van der Waals surface area contributed by atoms with E-state index < -0.39 is 6.04 Å². The Balaban J connectivity index is 2.11. The molecule has 2 N–H and O–H groups in total. The maximum atomic E-state index is 12.1. The summed E-state index contributed by atoms with van der Waals surface area (Å²) < 4.78 is 4.66. The summed E-state index contributed by atoms with van der Waals surface area (Å²) in [5.74, 6) is -0.701. The summed E-state index contributed by atoms with van der Waals surface area (Å²) in [6.45, 7) is 0. The molecule has 0 aromatic carbocycles. The van der Waals surface area contributed by atoms with Crippen LogP contribution in [0.4, 0.5) is 0 Å². The number of carbonyl (C=O) groups is 2. The Kier molecular flexibility index (Phi) is 4.81. The van der Waals surface area contributed by atoms with Crippen molar-refractivity contribution in [2.75, 3.05) is 7.11 Å². The molecule has 2 heterocycles. The second kappa shape index (κ2) is 6.58. The fourth-order valence-electron chi connectivity index (χ4n) is 1.70. The molecule has 20 heavy (non-hydrogen) atoms. The van der Waals surface area contributed by atoms with E-state index in [1.807, 2.05) is 17.5 Å². The van der Waals surface area contributed by atoms with Gasteiger partial charge in [-0.15, -0.1) is 11.3 Å². The molecular weight excluding hydrogens is 300 g/mol. The number of halogens is 1. The van der Waals surface area contributed by atoms with Gasteiger partial charge in [0, 0.05) is 11.1 Å². The van der Waals surface area contributed by atoms with Crippen LogP contribution in [0.15, 0.2) is 29.8 Å². The molecule has 1 atom stereocenters. The minimum Gasteiger partial charge on any atom is -0.469 e. The normalized spacial score (nSPS) is 11.9. The number of hydrogen-bond donors (Lipinski definition) is 2. The summed E-state index contributed by atoms with van der Waals surface area (Å²) in [5, 5.41) is 5.14. The number of rotatable bonds is 5. The first-order chi connectivity index (χ1) is 9.60. The number of amides is 1. The SMILES string of the molecule is COC(=O)CC(NC(=O)c1cc(Cl)c[nH]1)c1cccs1. The number of H-pyrrole nitrogens is 1. The Morgan fingerprint density at radius 2 is 2.35 bits per heavy atom. The molecule has 1 unspecified atom stereocenters. The van der Waals surface area contributed by atoms with Crippen molar-refractivity contribution in [1.82, 2.24) is 10.3 Å². The van der Waals surface area contributed by atoms with Crippen molar-refractivity contribution >= 4 is 34.8 Å². The fourth-order valence-corrected chi connectivity index (χ4v) is 2.64. The Bertz CT molecular complexity index is 595. The number of thiophene rings is 1. The van der Waals surface area contributed by atoms with E-state index in [4.69, 9.17) is 11.6 Å². The summed E-state index contributed by atoms with van der Waals surface area (Å²) in [4.78, 5) is 27.2. The highest BCUT2D eigenvalue weighted by Gasteiger charge is 2.21. The van der Waals surface area contributed by atoms with Crippen LogP contribution in [0.3, 0.4) is 0 Å². The van der Waals surface area contributed by atoms with E-state index in [9.17, 15) is 9.59 Å². The number of carbonyl (C=O) groups excluding carboxylic acids is 2. The van der Waals surface area contributed by atoms with Gasteiger partial charge in [0.2, 0.25) is 0 Å². The van der Waals surface area contributed by atoms with Gasteiger partial charge < -0.3 is 15.0 Å². The van der Waals surface area contributed by atoms with Crippen molar-refractivity contribution in [3.05, 3.63) is 45.4 Å². The van der Waals surface area contributed by atoms with E-state index in [-0.39, 0.29) is 18.3 Å².